The van der Waals surface area contributed by atoms with Gasteiger partial charge in [-0.15, -0.1) is 0 Å². The predicted molar refractivity (Wildman–Crippen MR) is 66.3 cm³/mol. The van der Waals surface area contributed by atoms with Gasteiger partial charge in [0.05, 0.1) is 4.47 Å². The number of benzene rings is 1. The maximum Gasteiger partial charge on any atom is 0.192 e. The highest BCUT2D eigenvalue weighted by Crippen LogP contribution is 2.36. The maximum atomic E-state index is 9.68. The molecule has 3 aromatic rings. The van der Waals surface area contributed by atoms with E-state index in [1.165, 1.54) is 0 Å². The Hall–Kier alpha value is -1.26. The summed E-state index contributed by atoms with van der Waals surface area (Å²) in [6.45, 7) is 0. The van der Waals surface area contributed by atoms with Crippen molar-refractivity contribution in [3.8, 4) is 5.75 Å². The van der Waals surface area contributed by atoms with E-state index in [-0.39, 0.29) is 18.2 Å². The molecule has 0 bridgehead atoms. The molecule has 0 saturated carbocycles. The number of aryl methyl sites for hydroxylation is 1. The van der Waals surface area contributed by atoms with E-state index in [2.05, 4.69) is 20.9 Å². The van der Waals surface area contributed by atoms with Crippen LogP contribution in [0.25, 0.3) is 21.8 Å². The first-order chi connectivity index (χ1) is 7.66. The van der Waals surface area contributed by atoms with Crippen molar-refractivity contribution in [3.63, 3.8) is 0 Å². The van der Waals surface area contributed by atoms with Crippen LogP contribution >= 0.6 is 15.9 Å². The largest absolute Gasteiger partial charge is 1.00 e. The van der Waals surface area contributed by atoms with Crippen molar-refractivity contribution in [2.45, 2.75) is 0 Å². The first-order valence-electron chi connectivity index (χ1n) is 4.95. The molecule has 0 unspecified atom stereocenters. The lowest BCUT2D eigenvalue weighted by Gasteiger charge is -1.98. The first kappa shape index (κ1) is 12.2. The number of halogens is 2. The Morgan fingerprint density at radius 1 is 1.24 bits per heavy atom. The highest BCUT2D eigenvalue weighted by molar-refractivity contribution is 9.10. The van der Waals surface area contributed by atoms with Crippen LogP contribution in [0.15, 0.2) is 35.1 Å². The lowest BCUT2D eigenvalue weighted by molar-refractivity contribution is -0.670. The summed E-state index contributed by atoms with van der Waals surface area (Å²) in [6.07, 6.45) is 4.02. The van der Waals surface area contributed by atoms with Crippen molar-refractivity contribution < 1.29 is 22.1 Å². The summed E-state index contributed by atoms with van der Waals surface area (Å²) in [5.41, 5.74) is 2.08. The molecule has 0 aliphatic rings. The number of aromatic hydroxyl groups is 1. The van der Waals surface area contributed by atoms with Crippen LogP contribution in [0, 0.1) is 0 Å². The Balaban J connectivity index is 0.00000108. The van der Waals surface area contributed by atoms with Crippen LogP contribution in [-0.4, -0.2) is 10.1 Å². The molecule has 2 heterocycles. The molecule has 3 nitrogen and oxygen atoms in total. The standard InChI is InChI=1S/C12H9BrN2O.ClH/c1-15-5-4-7-9(6-15)14-8-2-3-10(16)12(13)11(7)8;/h2-6,16H,1H3;1H. The zero-order valence-electron chi connectivity index (χ0n) is 9.04. The molecular weight excluding hydrogens is 304 g/mol. The fraction of sp³-hybridized carbons (Fsp3) is 0.0833. The average molecular weight is 314 g/mol. The van der Waals surface area contributed by atoms with E-state index < -0.39 is 0 Å². The summed E-state index contributed by atoms with van der Waals surface area (Å²) in [4.78, 5) is 3.32. The molecule has 0 saturated heterocycles. The molecule has 0 spiro atoms. The molecule has 2 aromatic heterocycles. The zero-order valence-corrected chi connectivity index (χ0v) is 11.4. The normalized spacial score (nSPS) is 10.7. The number of H-pyrrole nitrogens is 1. The van der Waals surface area contributed by atoms with Crippen LogP contribution in [0.1, 0.15) is 0 Å². The Morgan fingerprint density at radius 3 is 2.76 bits per heavy atom. The van der Waals surface area contributed by atoms with E-state index in [1.807, 2.05) is 36.1 Å². The molecule has 1 aromatic carbocycles. The van der Waals surface area contributed by atoms with Crippen molar-refractivity contribution in [1.29, 1.82) is 0 Å². The molecule has 0 aliphatic heterocycles. The summed E-state index contributed by atoms with van der Waals surface area (Å²) in [5.74, 6) is 0.265. The van der Waals surface area contributed by atoms with Gasteiger partial charge in [-0.1, -0.05) is 0 Å². The zero-order chi connectivity index (χ0) is 11.3. The second-order valence-corrected chi connectivity index (χ2v) is 4.68. The second-order valence-electron chi connectivity index (χ2n) is 3.88. The van der Waals surface area contributed by atoms with Crippen molar-refractivity contribution in [2.24, 2.45) is 7.05 Å². The van der Waals surface area contributed by atoms with Crippen LogP contribution in [-0.2, 0) is 7.05 Å². The summed E-state index contributed by atoms with van der Waals surface area (Å²) >= 11 is 3.42. The number of nitrogens with zero attached hydrogens (tertiary/aromatic N) is 1. The van der Waals surface area contributed by atoms with Gasteiger partial charge in [0, 0.05) is 22.4 Å². The lowest BCUT2D eigenvalue weighted by atomic mass is 10.2. The Bertz CT molecular complexity index is 708. The van der Waals surface area contributed by atoms with Crippen molar-refractivity contribution in [2.75, 3.05) is 0 Å². The highest BCUT2D eigenvalue weighted by Gasteiger charge is 2.12. The Labute approximate surface area is 113 Å². The van der Waals surface area contributed by atoms with Gasteiger partial charge in [-0.3, -0.25) is 0 Å². The third-order valence-electron chi connectivity index (χ3n) is 2.76. The van der Waals surface area contributed by atoms with Crippen LogP contribution in [0.2, 0.25) is 0 Å². The number of aromatic nitrogens is 2. The number of pyridine rings is 1. The minimum absolute atomic E-state index is 0. The number of aromatic amines is 1. The van der Waals surface area contributed by atoms with Gasteiger partial charge in [-0.25, -0.2) is 4.57 Å². The summed E-state index contributed by atoms with van der Waals surface area (Å²) in [5, 5.41) is 11.8. The molecule has 0 radical (unpaired) electrons. The minimum Gasteiger partial charge on any atom is -1.00 e. The first-order valence-corrected chi connectivity index (χ1v) is 5.74. The molecule has 0 amide bonds. The molecule has 0 aliphatic carbocycles. The molecular formula is C12H10BrClN2O. The summed E-state index contributed by atoms with van der Waals surface area (Å²) in [7, 11) is 1.98. The van der Waals surface area contributed by atoms with E-state index in [0.717, 1.165) is 26.3 Å². The third kappa shape index (κ3) is 1.77. The highest BCUT2D eigenvalue weighted by atomic mass is 79.9. The molecule has 17 heavy (non-hydrogen) atoms. The average Bonchev–Trinajstić information content (AvgIpc) is 2.61. The maximum absolute atomic E-state index is 9.68. The van der Waals surface area contributed by atoms with Gasteiger partial charge in [-0.05, 0) is 28.1 Å². The van der Waals surface area contributed by atoms with E-state index in [0.29, 0.717) is 0 Å². The number of phenolic OH excluding ortho intramolecular Hbond substituents is 1. The van der Waals surface area contributed by atoms with Crippen molar-refractivity contribution >= 4 is 37.7 Å². The van der Waals surface area contributed by atoms with Crippen LogP contribution in [0.4, 0.5) is 0 Å². The lowest BCUT2D eigenvalue weighted by Crippen LogP contribution is -3.00. The van der Waals surface area contributed by atoms with Gasteiger partial charge in [0.1, 0.15) is 18.3 Å². The van der Waals surface area contributed by atoms with Crippen LogP contribution < -0.4 is 17.0 Å². The number of rotatable bonds is 0. The van der Waals surface area contributed by atoms with Crippen molar-refractivity contribution in [3.05, 3.63) is 35.1 Å². The molecule has 5 heteroatoms. The number of hydrogen-bond donors (Lipinski definition) is 2. The van der Waals surface area contributed by atoms with Gasteiger partial charge >= 0.3 is 0 Å². The number of nitrogens with one attached hydrogen (secondary N) is 1. The minimum atomic E-state index is 0. The van der Waals surface area contributed by atoms with Gasteiger partial charge in [0.25, 0.3) is 0 Å². The summed E-state index contributed by atoms with van der Waals surface area (Å²) in [6, 6.07) is 5.61. The Kier molecular flexibility index (Phi) is 3.02. The fourth-order valence-electron chi connectivity index (χ4n) is 1.99. The van der Waals surface area contributed by atoms with Gasteiger partial charge < -0.3 is 22.5 Å². The smallest absolute Gasteiger partial charge is 0.192 e. The second kappa shape index (κ2) is 4.20. The van der Waals surface area contributed by atoms with E-state index >= 15 is 0 Å². The van der Waals surface area contributed by atoms with Crippen LogP contribution in [0.5, 0.6) is 5.75 Å². The van der Waals surface area contributed by atoms with Crippen molar-refractivity contribution in [1.82, 2.24) is 4.98 Å². The quantitative estimate of drug-likeness (QED) is 0.546. The van der Waals surface area contributed by atoms with Gasteiger partial charge in [0.2, 0.25) is 0 Å². The van der Waals surface area contributed by atoms with Gasteiger partial charge in [-0.2, -0.15) is 0 Å². The number of fused-ring (bicyclic) bond motifs is 3. The SMILES string of the molecule is C[n+]1ccc2c(c1)[nH]c1ccc(O)c(Br)c12.[Cl-]. The predicted octanol–water partition coefficient (Wildman–Crippen LogP) is -0.382. The number of phenols is 1. The van der Waals surface area contributed by atoms with Crippen LogP contribution in [0.3, 0.4) is 0 Å². The van der Waals surface area contributed by atoms with Gasteiger partial charge in [0.15, 0.2) is 12.4 Å². The topological polar surface area (TPSA) is 39.9 Å². The van der Waals surface area contributed by atoms with E-state index in [4.69, 9.17) is 0 Å². The fourth-order valence-corrected chi connectivity index (χ4v) is 2.55. The molecule has 88 valence electrons. The van der Waals surface area contributed by atoms with E-state index in [1.54, 1.807) is 6.07 Å². The van der Waals surface area contributed by atoms with E-state index in [9.17, 15) is 5.11 Å². The number of hydrogen-bond acceptors (Lipinski definition) is 1. The molecule has 3 rings (SSSR count). The third-order valence-corrected chi connectivity index (χ3v) is 3.56. The summed E-state index contributed by atoms with van der Waals surface area (Å²) < 4.78 is 2.73. The Morgan fingerprint density at radius 2 is 2.00 bits per heavy atom. The molecule has 2 N–H and O–H groups in total. The monoisotopic (exact) mass is 312 g/mol. The molecule has 0 fully saturated rings. The molecule has 0 atom stereocenters.